The van der Waals surface area contributed by atoms with E-state index < -0.39 is 0 Å². The van der Waals surface area contributed by atoms with Gasteiger partial charge < -0.3 is 0 Å². The molecule has 0 aromatic rings. The van der Waals surface area contributed by atoms with Gasteiger partial charge in [-0.3, -0.25) is 0 Å². The lowest BCUT2D eigenvalue weighted by molar-refractivity contribution is 0.115. The summed E-state index contributed by atoms with van der Waals surface area (Å²) in [5, 5.41) is 0. The second-order valence-corrected chi connectivity index (χ2v) is 9.37. The molecule has 0 aliphatic heterocycles. The van der Waals surface area contributed by atoms with Gasteiger partial charge in [0.05, 0.1) is 0 Å². The van der Waals surface area contributed by atoms with E-state index in [2.05, 4.69) is 26.8 Å². The fraction of sp³-hybridized carbons (Fsp3) is 0.917. The van der Waals surface area contributed by atoms with Crippen LogP contribution >= 0.6 is 0 Å². The predicted molar refractivity (Wildman–Crippen MR) is 106 cm³/mol. The molecule has 0 N–H and O–H groups in total. The molecular weight excluding hydrogens is 288 g/mol. The molecule has 0 bridgehead atoms. The number of fused-ring (bicyclic) bond motifs is 1. The van der Waals surface area contributed by atoms with Gasteiger partial charge in [0, 0.05) is 0 Å². The van der Waals surface area contributed by atoms with Crippen LogP contribution in [0.1, 0.15) is 104 Å². The van der Waals surface area contributed by atoms with Gasteiger partial charge in [0.25, 0.3) is 0 Å². The summed E-state index contributed by atoms with van der Waals surface area (Å²) in [6.45, 7) is 7.24. The Morgan fingerprint density at radius 3 is 2.25 bits per heavy atom. The maximum absolute atomic E-state index is 2.84. The zero-order valence-corrected chi connectivity index (χ0v) is 16.7. The highest BCUT2D eigenvalue weighted by atomic mass is 14.4. The van der Waals surface area contributed by atoms with Crippen LogP contribution in [0.25, 0.3) is 0 Å². The van der Waals surface area contributed by atoms with Crippen molar-refractivity contribution in [3.8, 4) is 0 Å². The maximum atomic E-state index is 2.84. The van der Waals surface area contributed by atoms with E-state index in [9.17, 15) is 0 Å². The monoisotopic (exact) mass is 330 g/mol. The standard InChI is InChI=1S/C24H42/c1-4-18-10-12-19(13-11-18)16-20-14-15-22-8-7-9-23(24(22)17-20)21(5-2)6-3/h17-19,21-24H,4-16H2,1-3H3. The van der Waals surface area contributed by atoms with E-state index in [1.165, 1.54) is 83.5 Å². The average molecular weight is 331 g/mol. The molecule has 3 unspecified atom stereocenters. The van der Waals surface area contributed by atoms with E-state index >= 15 is 0 Å². The Morgan fingerprint density at radius 2 is 1.58 bits per heavy atom. The van der Waals surface area contributed by atoms with Crippen molar-refractivity contribution in [2.45, 2.75) is 104 Å². The molecule has 0 heterocycles. The van der Waals surface area contributed by atoms with E-state index in [0.717, 1.165) is 35.5 Å². The Bertz CT molecular complexity index is 394. The van der Waals surface area contributed by atoms with Gasteiger partial charge in [0.1, 0.15) is 0 Å². The van der Waals surface area contributed by atoms with Gasteiger partial charge in [-0.2, -0.15) is 0 Å². The van der Waals surface area contributed by atoms with E-state index in [0.29, 0.717) is 0 Å². The second-order valence-electron chi connectivity index (χ2n) is 9.37. The molecule has 3 aliphatic rings. The summed E-state index contributed by atoms with van der Waals surface area (Å²) < 4.78 is 0. The Kier molecular flexibility index (Phi) is 6.88. The number of allylic oxidation sites excluding steroid dienone is 2. The van der Waals surface area contributed by atoms with Crippen LogP contribution in [0.5, 0.6) is 0 Å². The lowest BCUT2D eigenvalue weighted by Crippen LogP contribution is -2.34. The van der Waals surface area contributed by atoms with Gasteiger partial charge in [-0.1, -0.05) is 70.9 Å². The summed E-state index contributed by atoms with van der Waals surface area (Å²) in [7, 11) is 0. The maximum Gasteiger partial charge on any atom is -0.0171 e. The molecule has 138 valence electrons. The SMILES string of the molecule is CCC1CCC(CC2=CC3C(CCCC3C(CC)CC)CC2)CC1. The molecule has 0 saturated heterocycles. The van der Waals surface area contributed by atoms with Crippen molar-refractivity contribution in [3.63, 3.8) is 0 Å². The van der Waals surface area contributed by atoms with Crippen molar-refractivity contribution in [2.75, 3.05) is 0 Å². The summed E-state index contributed by atoms with van der Waals surface area (Å²) in [6.07, 6.45) is 22.0. The number of hydrogen-bond acceptors (Lipinski definition) is 0. The minimum absolute atomic E-state index is 0.944. The minimum atomic E-state index is 0.944. The summed E-state index contributed by atoms with van der Waals surface area (Å²) in [6, 6.07) is 0. The first-order valence-electron chi connectivity index (χ1n) is 11.4. The Hall–Kier alpha value is -0.260. The minimum Gasteiger partial charge on any atom is -0.0816 e. The van der Waals surface area contributed by atoms with Gasteiger partial charge >= 0.3 is 0 Å². The van der Waals surface area contributed by atoms with Crippen molar-refractivity contribution in [2.24, 2.45) is 35.5 Å². The van der Waals surface area contributed by atoms with Crippen molar-refractivity contribution in [1.82, 2.24) is 0 Å². The topological polar surface area (TPSA) is 0 Å². The molecule has 2 fully saturated rings. The highest BCUT2D eigenvalue weighted by Crippen LogP contribution is 2.48. The van der Waals surface area contributed by atoms with E-state index in [1.807, 2.05) is 5.57 Å². The van der Waals surface area contributed by atoms with Crippen molar-refractivity contribution in [3.05, 3.63) is 11.6 Å². The number of rotatable bonds is 6. The smallest absolute Gasteiger partial charge is 0.0171 e. The molecule has 0 aromatic carbocycles. The molecule has 0 amide bonds. The van der Waals surface area contributed by atoms with Gasteiger partial charge in [-0.25, -0.2) is 0 Å². The van der Waals surface area contributed by atoms with Gasteiger partial charge in [0.15, 0.2) is 0 Å². The molecular formula is C24H42. The van der Waals surface area contributed by atoms with Crippen LogP contribution in [-0.2, 0) is 0 Å². The molecule has 24 heavy (non-hydrogen) atoms. The van der Waals surface area contributed by atoms with Gasteiger partial charge in [-0.05, 0) is 80.5 Å². The summed E-state index contributed by atoms with van der Waals surface area (Å²) in [5.74, 6) is 6.02. The lowest BCUT2D eigenvalue weighted by Gasteiger charge is -2.44. The molecule has 0 radical (unpaired) electrons. The highest BCUT2D eigenvalue weighted by molar-refractivity contribution is 5.13. The van der Waals surface area contributed by atoms with Crippen LogP contribution in [0.4, 0.5) is 0 Å². The molecule has 3 rings (SSSR count). The Morgan fingerprint density at radius 1 is 0.875 bits per heavy atom. The molecule has 0 nitrogen and oxygen atoms in total. The van der Waals surface area contributed by atoms with Crippen LogP contribution in [0, 0.1) is 35.5 Å². The zero-order valence-electron chi connectivity index (χ0n) is 16.7. The zero-order chi connectivity index (χ0) is 16.9. The van der Waals surface area contributed by atoms with Crippen LogP contribution in [0.15, 0.2) is 11.6 Å². The molecule has 0 spiro atoms. The summed E-state index contributed by atoms with van der Waals surface area (Å²) >= 11 is 0. The first-order chi connectivity index (χ1) is 11.7. The van der Waals surface area contributed by atoms with Crippen LogP contribution < -0.4 is 0 Å². The lowest BCUT2D eigenvalue weighted by atomic mass is 9.62. The van der Waals surface area contributed by atoms with Crippen LogP contribution in [0.2, 0.25) is 0 Å². The fourth-order valence-corrected chi connectivity index (χ4v) is 6.50. The second kappa shape index (κ2) is 8.91. The number of hydrogen-bond donors (Lipinski definition) is 0. The third-order valence-corrected chi connectivity index (χ3v) is 8.16. The van der Waals surface area contributed by atoms with Crippen LogP contribution in [-0.4, -0.2) is 0 Å². The first kappa shape index (κ1) is 18.5. The fourth-order valence-electron chi connectivity index (χ4n) is 6.50. The van der Waals surface area contributed by atoms with E-state index in [4.69, 9.17) is 0 Å². The van der Waals surface area contributed by atoms with Crippen molar-refractivity contribution < 1.29 is 0 Å². The summed E-state index contributed by atoms with van der Waals surface area (Å²) in [4.78, 5) is 0. The normalized spacial score (nSPS) is 37.2. The van der Waals surface area contributed by atoms with Crippen molar-refractivity contribution >= 4 is 0 Å². The highest BCUT2D eigenvalue weighted by Gasteiger charge is 2.37. The molecule has 2 saturated carbocycles. The van der Waals surface area contributed by atoms with E-state index in [1.54, 1.807) is 0 Å². The first-order valence-corrected chi connectivity index (χ1v) is 11.4. The Labute approximate surface area is 151 Å². The van der Waals surface area contributed by atoms with Crippen molar-refractivity contribution in [1.29, 1.82) is 0 Å². The summed E-state index contributed by atoms with van der Waals surface area (Å²) in [5.41, 5.74) is 1.87. The third-order valence-electron chi connectivity index (χ3n) is 8.16. The average Bonchev–Trinajstić information content (AvgIpc) is 2.63. The molecule has 3 atom stereocenters. The van der Waals surface area contributed by atoms with E-state index in [-0.39, 0.29) is 0 Å². The van der Waals surface area contributed by atoms with Gasteiger partial charge in [-0.15, -0.1) is 0 Å². The molecule has 3 aliphatic carbocycles. The molecule has 0 aromatic heterocycles. The Balaban J connectivity index is 1.62. The predicted octanol–water partition coefficient (Wildman–Crippen LogP) is 7.78. The van der Waals surface area contributed by atoms with Crippen LogP contribution in [0.3, 0.4) is 0 Å². The molecule has 0 heteroatoms. The largest absolute Gasteiger partial charge is 0.0816 e. The third kappa shape index (κ3) is 4.28. The quantitative estimate of drug-likeness (QED) is 0.436. The van der Waals surface area contributed by atoms with Gasteiger partial charge in [0.2, 0.25) is 0 Å².